The highest BCUT2D eigenvalue weighted by Gasteiger charge is 2.28. The molecule has 0 aliphatic heterocycles. The van der Waals surface area contributed by atoms with Crippen molar-refractivity contribution in [3.8, 4) is 0 Å². The maximum absolute atomic E-state index is 9.31. The Morgan fingerprint density at radius 2 is 2.06 bits per heavy atom. The van der Waals surface area contributed by atoms with Crippen molar-refractivity contribution in [2.45, 2.75) is 31.9 Å². The van der Waals surface area contributed by atoms with Crippen molar-refractivity contribution in [3.05, 3.63) is 29.8 Å². The molecule has 17 heavy (non-hydrogen) atoms. The monoisotopic (exact) mass is 234 g/mol. The van der Waals surface area contributed by atoms with Crippen molar-refractivity contribution in [1.82, 2.24) is 0 Å². The summed E-state index contributed by atoms with van der Waals surface area (Å²) in [7, 11) is 2.10. The molecule has 3 heteroatoms. The van der Waals surface area contributed by atoms with Gasteiger partial charge < -0.3 is 15.7 Å². The first kappa shape index (κ1) is 12.4. The third-order valence-electron chi connectivity index (χ3n) is 3.58. The fraction of sp³-hybridized carbons (Fsp3) is 0.571. The van der Waals surface area contributed by atoms with Crippen molar-refractivity contribution >= 4 is 5.69 Å². The summed E-state index contributed by atoms with van der Waals surface area (Å²) in [4.78, 5) is 2.26. The average molecular weight is 234 g/mol. The van der Waals surface area contributed by atoms with Crippen LogP contribution in [0.2, 0.25) is 0 Å². The van der Waals surface area contributed by atoms with Gasteiger partial charge in [0.15, 0.2) is 0 Å². The van der Waals surface area contributed by atoms with E-state index in [1.54, 1.807) is 0 Å². The summed E-state index contributed by atoms with van der Waals surface area (Å²) in [6.07, 6.45) is 1.80. The summed E-state index contributed by atoms with van der Waals surface area (Å²) in [6, 6.07) is 8.34. The molecule has 0 heterocycles. The summed E-state index contributed by atoms with van der Waals surface area (Å²) >= 11 is 0. The van der Waals surface area contributed by atoms with E-state index < -0.39 is 0 Å². The van der Waals surface area contributed by atoms with Crippen LogP contribution in [0.1, 0.15) is 31.4 Å². The number of aliphatic hydroxyl groups excluding tert-OH is 1. The van der Waals surface area contributed by atoms with Gasteiger partial charge in [-0.3, -0.25) is 0 Å². The zero-order valence-electron chi connectivity index (χ0n) is 10.6. The standard InChI is InChI=1S/C14H22N2O/c1-10(15)13-5-3-4-6-14(13)16(2)9-11-7-12(17)8-11/h3-6,10-12,17H,7-9,15H2,1-2H3/t10-,11?,12?/m1/s1. The van der Waals surface area contributed by atoms with Crippen LogP contribution >= 0.6 is 0 Å². The molecule has 0 spiro atoms. The minimum Gasteiger partial charge on any atom is -0.393 e. The second kappa shape index (κ2) is 5.07. The Hall–Kier alpha value is -1.06. The molecular weight excluding hydrogens is 212 g/mol. The molecule has 0 radical (unpaired) electrons. The number of rotatable bonds is 4. The maximum Gasteiger partial charge on any atom is 0.0546 e. The molecule has 1 aliphatic carbocycles. The van der Waals surface area contributed by atoms with Gasteiger partial charge in [0, 0.05) is 25.3 Å². The molecule has 94 valence electrons. The topological polar surface area (TPSA) is 49.5 Å². The smallest absolute Gasteiger partial charge is 0.0546 e. The molecule has 1 fully saturated rings. The van der Waals surface area contributed by atoms with Crippen molar-refractivity contribution in [1.29, 1.82) is 0 Å². The normalized spacial score (nSPS) is 25.2. The van der Waals surface area contributed by atoms with Crippen LogP contribution in [-0.4, -0.2) is 24.8 Å². The Kier molecular flexibility index (Phi) is 3.69. The summed E-state index contributed by atoms with van der Waals surface area (Å²) in [6.45, 7) is 3.01. The van der Waals surface area contributed by atoms with Gasteiger partial charge in [-0.15, -0.1) is 0 Å². The lowest BCUT2D eigenvalue weighted by Gasteiger charge is -2.36. The summed E-state index contributed by atoms with van der Waals surface area (Å²) in [5.41, 5.74) is 8.39. The van der Waals surface area contributed by atoms with Crippen LogP contribution in [0.15, 0.2) is 24.3 Å². The highest BCUT2D eigenvalue weighted by Crippen LogP contribution is 2.31. The number of para-hydroxylation sites is 1. The van der Waals surface area contributed by atoms with Gasteiger partial charge in [-0.1, -0.05) is 18.2 Å². The van der Waals surface area contributed by atoms with E-state index in [9.17, 15) is 5.11 Å². The number of aliphatic hydroxyl groups is 1. The van der Waals surface area contributed by atoms with Crippen LogP contribution in [0.25, 0.3) is 0 Å². The molecular formula is C14H22N2O. The first-order valence-electron chi connectivity index (χ1n) is 6.31. The zero-order chi connectivity index (χ0) is 12.4. The summed E-state index contributed by atoms with van der Waals surface area (Å²) < 4.78 is 0. The van der Waals surface area contributed by atoms with Gasteiger partial charge in [-0.05, 0) is 37.3 Å². The SMILES string of the molecule is C[C@@H](N)c1ccccc1N(C)CC1CC(O)C1. The molecule has 1 aromatic carbocycles. The second-order valence-corrected chi connectivity index (χ2v) is 5.22. The number of benzene rings is 1. The molecule has 3 N–H and O–H groups in total. The number of hydrogen-bond donors (Lipinski definition) is 2. The van der Waals surface area contributed by atoms with Crippen LogP contribution in [0, 0.1) is 5.92 Å². The van der Waals surface area contributed by atoms with E-state index in [1.165, 1.54) is 11.3 Å². The van der Waals surface area contributed by atoms with Crippen LogP contribution in [0.3, 0.4) is 0 Å². The molecule has 3 nitrogen and oxygen atoms in total. The van der Waals surface area contributed by atoms with Crippen molar-refractivity contribution in [2.24, 2.45) is 11.7 Å². The molecule has 0 saturated heterocycles. The van der Waals surface area contributed by atoms with Crippen molar-refractivity contribution < 1.29 is 5.11 Å². The lowest BCUT2D eigenvalue weighted by atomic mass is 9.82. The van der Waals surface area contributed by atoms with Crippen LogP contribution < -0.4 is 10.6 Å². The van der Waals surface area contributed by atoms with Gasteiger partial charge in [0.1, 0.15) is 0 Å². The lowest BCUT2D eigenvalue weighted by molar-refractivity contribution is 0.0464. The third-order valence-corrected chi connectivity index (χ3v) is 3.58. The van der Waals surface area contributed by atoms with Crippen LogP contribution in [0.5, 0.6) is 0 Å². The molecule has 1 saturated carbocycles. The third kappa shape index (κ3) is 2.79. The van der Waals surface area contributed by atoms with E-state index in [0.717, 1.165) is 19.4 Å². The molecule has 0 amide bonds. The molecule has 2 rings (SSSR count). The van der Waals surface area contributed by atoms with E-state index in [1.807, 2.05) is 19.1 Å². The number of nitrogens with two attached hydrogens (primary N) is 1. The first-order chi connectivity index (χ1) is 8.08. The largest absolute Gasteiger partial charge is 0.393 e. The Labute approximate surface area is 103 Å². The van der Waals surface area contributed by atoms with Gasteiger partial charge in [0.2, 0.25) is 0 Å². The quantitative estimate of drug-likeness (QED) is 0.836. The van der Waals surface area contributed by atoms with Crippen molar-refractivity contribution in [3.63, 3.8) is 0 Å². The Morgan fingerprint density at radius 1 is 1.41 bits per heavy atom. The van der Waals surface area contributed by atoms with Gasteiger partial charge in [-0.25, -0.2) is 0 Å². The van der Waals surface area contributed by atoms with Crippen LogP contribution in [0.4, 0.5) is 5.69 Å². The Morgan fingerprint density at radius 3 is 2.65 bits per heavy atom. The lowest BCUT2D eigenvalue weighted by Crippen LogP contribution is -2.37. The highest BCUT2D eigenvalue weighted by atomic mass is 16.3. The summed E-state index contributed by atoms with van der Waals surface area (Å²) in [5.74, 6) is 0.621. The van der Waals surface area contributed by atoms with Gasteiger partial charge in [0.05, 0.1) is 6.10 Å². The zero-order valence-corrected chi connectivity index (χ0v) is 10.6. The number of anilines is 1. The van der Waals surface area contributed by atoms with Crippen molar-refractivity contribution in [2.75, 3.05) is 18.5 Å². The van der Waals surface area contributed by atoms with Gasteiger partial charge >= 0.3 is 0 Å². The van der Waals surface area contributed by atoms with Gasteiger partial charge in [-0.2, -0.15) is 0 Å². The molecule has 0 bridgehead atoms. The maximum atomic E-state index is 9.31. The number of nitrogens with zero attached hydrogens (tertiary/aromatic N) is 1. The van der Waals surface area contributed by atoms with E-state index >= 15 is 0 Å². The summed E-state index contributed by atoms with van der Waals surface area (Å²) in [5, 5.41) is 9.31. The fourth-order valence-electron chi connectivity index (χ4n) is 2.56. The van der Waals surface area contributed by atoms with E-state index in [0.29, 0.717) is 5.92 Å². The average Bonchev–Trinajstić information content (AvgIpc) is 2.27. The highest BCUT2D eigenvalue weighted by molar-refractivity contribution is 5.54. The second-order valence-electron chi connectivity index (χ2n) is 5.22. The fourth-order valence-corrected chi connectivity index (χ4v) is 2.56. The molecule has 0 unspecified atom stereocenters. The predicted molar refractivity (Wildman–Crippen MR) is 71.0 cm³/mol. The van der Waals surface area contributed by atoms with E-state index in [2.05, 4.69) is 24.1 Å². The Bertz CT molecular complexity index is 372. The minimum atomic E-state index is -0.0722. The van der Waals surface area contributed by atoms with Crippen LogP contribution in [-0.2, 0) is 0 Å². The molecule has 0 aromatic heterocycles. The Balaban J connectivity index is 2.05. The number of hydrogen-bond acceptors (Lipinski definition) is 3. The van der Waals surface area contributed by atoms with E-state index in [4.69, 9.17) is 5.73 Å². The minimum absolute atomic E-state index is 0.0561. The first-order valence-corrected chi connectivity index (χ1v) is 6.31. The van der Waals surface area contributed by atoms with Gasteiger partial charge in [0.25, 0.3) is 0 Å². The predicted octanol–water partition coefficient (Wildman–Crippen LogP) is 1.91. The molecule has 1 aliphatic rings. The molecule has 1 aromatic rings. The van der Waals surface area contributed by atoms with E-state index in [-0.39, 0.29) is 12.1 Å². The molecule has 1 atom stereocenters.